The standard InChI is InChI=1S/C16H15N3O/c1-11(2)12-3-5-14(6-4-12)19-16(20)15-10-18-8-7-13(15)9-17/h3-8,10-11H,1-2H3,(H,19,20). The van der Waals surface area contributed by atoms with Crippen LogP contribution in [0.25, 0.3) is 0 Å². The fraction of sp³-hybridized carbons (Fsp3) is 0.188. The van der Waals surface area contributed by atoms with Crippen LogP contribution in [0.2, 0.25) is 0 Å². The molecule has 0 aliphatic heterocycles. The van der Waals surface area contributed by atoms with Crippen molar-refractivity contribution < 1.29 is 4.79 Å². The Hall–Kier alpha value is -2.67. The minimum absolute atomic E-state index is 0.280. The molecule has 100 valence electrons. The molecule has 2 aromatic rings. The monoisotopic (exact) mass is 265 g/mol. The fourth-order valence-electron chi connectivity index (χ4n) is 1.82. The first-order valence-corrected chi connectivity index (χ1v) is 6.37. The van der Waals surface area contributed by atoms with Gasteiger partial charge in [0.05, 0.1) is 11.1 Å². The Bertz CT molecular complexity index is 654. The molecule has 0 aliphatic rings. The zero-order valence-corrected chi connectivity index (χ0v) is 11.4. The minimum atomic E-state index is -0.327. The van der Waals surface area contributed by atoms with E-state index in [4.69, 9.17) is 5.26 Å². The quantitative estimate of drug-likeness (QED) is 0.925. The van der Waals surface area contributed by atoms with E-state index in [1.807, 2.05) is 30.3 Å². The lowest BCUT2D eigenvalue weighted by Crippen LogP contribution is -2.13. The maximum Gasteiger partial charge on any atom is 0.258 e. The molecular formula is C16H15N3O. The van der Waals surface area contributed by atoms with E-state index in [1.54, 1.807) is 0 Å². The molecule has 1 heterocycles. The van der Waals surface area contributed by atoms with Gasteiger partial charge in [0.25, 0.3) is 5.91 Å². The Morgan fingerprint density at radius 1 is 1.25 bits per heavy atom. The second kappa shape index (κ2) is 5.98. The molecule has 1 aromatic carbocycles. The third-order valence-corrected chi connectivity index (χ3v) is 3.02. The molecule has 0 saturated heterocycles. The summed E-state index contributed by atoms with van der Waals surface area (Å²) in [6.07, 6.45) is 2.89. The summed E-state index contributed by atoms with van der Waals surface area (Å²) in [6, 6.07) is 11.2. The van der Waals surface area contributed by atoms with Gasteiger partial charge in [-0.3, -0.25) is 9.78 Å². The maximum absolute atomic E-state index is 12.1. The van der Waals surface area contributed by atoms with Crippen molar-refractivity contribution >= 4 is 11.6 Å². The summed E-state index contributed by atoms with van der Waals surface area (Å²) >= 11 is 0. The number of hydrogen-bond acceptors (Lipinski definition) is 3. The summed E-state index contributed by atoms with van der Waals surface area (Å²) in [4.78, 5) is 16.0. The summed E-state index contributed by atoms with van der Waals surface area (Å²) in [5, 5.41) is 11.7. The molecule has 4 nitrogen and oxygen atoms in total. The lowest BCUT2D eigenvalue weighted by Gasteiger charge is -2.09. The largest absolute Gasteiger partial charge is 0.322 e. The van der Waals surface area contributed by atoms with Gasteiger partial charge >= 0.3 is 0 Å². The van der Waals surface area contributed by atoms with E-state index >= 15 is 0 Å². The van der Waals surface area contributed by atoms with Crippen LogP contribution in [-0.4, -0.2) is 10.9 Å². The second-order valence-corrected chi connectivity index (χ2v) is 4.76. The number of aromatic nitrogens is 1. The molecule has 20 heavy (non-hydrogen) atoms. The smallest absolute Gasteiger partial charge is 0.258 e. The molecule has 1 aromatic heterocycles. The molecular weight excluding hydrogens is 250 g/mol. The van der Waals surface area contributed by atoms with Gasteiger partial charge in [0.1, 0.15) is 6.07 Å². The van der Waals surface area contributed by atoms with E-state index in [-0.39, 0.29) is 11.5 Å². The molecule has 0 bridgehead atoms. The fourth-order valence-corrected chi connectivity index (χ4v) is 1.82. The van der Waals surface area contributed by atoms with Crippen LogP contribution in [0.3, 0.4) is 0 Å². The number of anilines is 1. The first-order valence-electron chi connectivity index (χ1n) is 6.37. The van der Waals surface area contributed by atoms with E-state index in [0.717, 1.165) is 0 Å². The number of amides is 1. The summed E-state index contributed by atoms with van der Waals surface area (Å²) in [6.45, 7) is 4.23. The predicted octanol–water partition coefficient (Wildman–Crippen LogP) is 3.33. The van der Waals surface area contributed by atoms with Crippen molar-refractivity contribution in [3.8, 4) is 6.07 Å². The molecule has 0 fully saturated rings. The van der Waals surface area contributed by atoms with Crippen LogP contribution in [0.1, 0.15) is 41.3 Å². The molecule has 0 aliphatic carbocycles. The average Bonchev–Trinajstić information content (AvgIpc) is 2.47. The van der Waals surface area contributed by atoms with Crippen molar-refractivity contribution in [3.63, 3.8) is 0 Å². The van der Waals surface area contributed by atoms with Gasteiger partial charge in [-0.05, 0) is 29.7 Å². The van der Waals surface area contributed by atoms with E-state index in [1.165, 1.54) is 24.0 Å². The number of pyridine rings is 1. The molecule has 2 rings (SSSR count). The third kappa shape index (κ3) is 3.01. The number of rotatable bonds is 3. The van der Waals surface area contributed by atoms with Crippen LogP contribution in [0.4, 0.5) is 5.69 Å². The minimum Gasteiger partial charge on any atom is -0.322 e. The van der Waals surface area contributed by atoms with Crippen LogP contribution in [0, 0.1) is 11.3 Å². The van der Waals surface area contributed by atoms with Crippen molar-refractivity contribution in [1.82, 2.24) is 4.98 Å². The van der Waals surface area contributed by atoms with Crippen LogP contribution in [0.15, 0.2) is 42.7 Å². The van der Waals surface area contributed by atoms with Crippen molar-refractivity contribution in [2.45, 2.75) is 19.8 Å². The van der Waals surface area contributed by atoms with E-state index in [0.29, 0.717) is 17.2 Å². The predicted molar refractivity (Wildman–Crippen MR) is 77.4 cm³/mol. The van der Waals surface area contributed by atoms with Gasteiger partial charge in [0.15, 0.2) is 0 Å². The molecule has 0 radical (unpaired) electrons. The molecule has 0 atom stereocenters. The summed E-state index contributed by atoms with van der Waals surface area (Å²) in [5.41, 5.74) is 2.51. The number of nitrogens with zero attached hydrogens (tertiary/aromatic N) is 2. The Morgan fingerprint density at radius 3 is 2.55 bits per heavy atom. The van der Waals surface area contributed by atoms with E-state index in [2.05, 4.69) is 24.1 Å². The van der Waals surface area contributed by atoms with Gasteiger partial charge in [-0.15, -0.1) is 0 Å². The van der Waals surface area contributed by atoms with Gasteiger partial charge < -0.3 is 5.32 Å². The van der Waals surface area contributed by atoms with Crippen LogP contribution < -0.4 is 5.32 Å². The topological polar surface area (TPSA) is 65.8 Å². The highest BCUT2D eigenvalue weighted by atomic mass is 16.1. The van der Waals surface area contributed by atoms with Gasteiger partial charge in [-0.25, -0.2) is 0 Å². The van der Waals surface area contributed by atoms with Crippen molar-refractivity contribution in [1.29, 1.82) is 5.26 Å². The lowest BCUT2D eigenvalue weighted by molar-refractivity contribution is 0.102. The zero-order valence-electron chi connectivity index (χ0n) is 11.4. The van der Waals surface area contributed by atoms with Gasteiger partial charge in [0.2, 0.25) is 0 Å². The highest BCUT2D eigenvalue weighted by Crippen LogP contribution is 2.18. The number of nitriles is 1. The Balaban J connectivity index is 2.18. The number of nitrogens with one attached hydrogen (secondary N) is 1. The lowest BCUT2D eigenvalue weighted by atomic mass is 10.0. The first-order chi connectivity index (χ1) is 9.61. The van der Waals surface area contributed by atoms with Crippen molar-refractivity contribution in [2.24, 2.45) is 0 Å². The number of carbonyl (C=O) groups is 1. The molecule has 1 amide bonds. The number of carbonyl (C=O) groups excluding carboxylic acids is 1. The zero-order chi connectivity index (χ0) is 14.5. The Labute approximate surface area is 118 Å². The van der Waals surface area contributed by atoms with Crippen molar-refractivity contribution in [3.05, 3.63) is 59.4 Å². The SMILES string of the molecule is CC(C)c1ccc(NC(=O)c2cnccc2C#N)cc1. The van der Waals surface area contributed by atoms with Crippen LogP contribution in [0.5, 0.6) is 0 Å². The van der Waals surface area contributed by atoms with Crippen molar-refractivity contribution in [2.75, 3.05) is 5.32 Å². The number of hydrogen-bond donors (Lipinski definition) is 1. The molecule has 0 unspecified atom stereocenters. The second-order valence-electron chi connectivity index (χ2n) is 4.76. The summed E-state index contributed by atoms with van der Waals surface area (Å²) in [7, 11) is 0. The average molecular weight is 265 g/mol. The molecule has 4 heteroatoms. The van der Waals surface area contributed by atoms with Gasteiger partial charge in [0, 0.05) is 18.1 Å². The van der Waals surface area contributed by atoms with Crippen LogP contribution >= 0.6 is 0 Å². The normalized spacial score (nSPS) is 10.1. The Kier molecular flexibility index (Phi) is 4.11. The molecule has 1 N–H and O–H groups in total. The van der Waals surface area contributed by atoms with E-state index < -0.39 is 0 Å². The highest BCUT2D eigenvalue weighted by molar-refractivity contribution is 6.05. The maximum atomic E-state index is 12.1. The summed E-state index contributed by atoms with van der Waals surface area (Å²) < 4.78 is 0. The van der Waals surface area contributed by atoms with E-state index in [9.17, 15) is 4.79 Å². The first kappa shape index (κ1) is 13.8. The Morgan fingerprint density at radius 2 is 1.95 bits per heavy atom. The number of benzene rings is 1. The van der Waals surface area contributed by atoms with Gasteiger partial charge in [-0.1, -0.05) is 26.0 Å². The molecule has 0 spiro atoms. The van der Waals surface area contributed by atoms with Crippen LogP contribution in [-0.2, 0) is 0 Å². The summed E-state index contributed by atoms with van der Waals surface area (Å²) in [5.74, 6) is 0.121. The van der Waals surface area contributed by atoms with Gasteiger partial charge in [-0.2, -0.15) is 5.26 Å². The molecule has 0 saturated carbocycles. The third-order valence-electron chi connectivity index (χ3n) is 3.02. The highest BCUT2D eigenvalue weighted by Gasteiger charge is 2.11.